The van der Waals surface area contributed by atoms with Gasteiger partial charge in [-0.15, -0.1) is 0 Å². The average Bonchev–Trinajstić information content (AvgIpc) is 3.25. The Balaban J connectivity index is 1.37. The highest BCUT2D eigenvalue weighted by Gasteiger charge is 2.46. The Kier molecular flexibility index (Phi) is 7.60. The summed E-state index contributed by atoms with van der Waals surface area (Å²) in [7, 11) is 1.39. The Morgan fingerprint density at radius 3 is 2.51 bits per heavy atom. The summed E-state index contributed by atoms with van der Waals surface area (Å²) < 4.78 is 12.2. The number of hydrogen-bond donors (Lipinski definition) is 1. The molecule has 190 valence electrons. The fraction of sp³-hybridized carbons (Fsp3) is 0.267. The summed E-state index contributed by atoms with van der Waals surface area (Å²) >= 11 is 3.44. The molecule has 5 rings (SSSR count). The van der Waals surface area contributed by atoms with E-state index in [9.17, 15) is 9.59 Å². The number of fused-ring (bicyclic) bond motifs is 2. The van der Waals surface area contributed by atoms with Crippen LogP contribution in [0.4, 0.5) is 4.79 Å². The number of urea groups is 1. The molecule has 0 aliphatic carbocycles. The topological polar surface area (TPSA) is 67.9 Å². The second-order valence-corrected chi connectivity index (χ2v) is 10.2. The van der Waals surface area contributed by atoms with Crippen molar-refractivity contribution in [2.45, 2.75) is 44.5 Å². The summed E-state index contributed by atoms with van der Waals surface area (Å²) in [5, 5.41) is 3.04. The van der Waals surface area contributed by atoms with Crippen molar-refractivity contribution in [3.8, 4) is 5.75 Å². The smallest absolute Gasteiger partial charge is 0.336 e. The predicted molar refractivity (Wildman–Crippen MR) is 146 cm³/mol. The van der Waals surface area contributed by atoms with E-state index in [1.165, 1.54) is 7.11 Å². The molecular weight excluding hydrogens is 532 g/mol. The maximum Gasteiger partial charge on any atom is 0.336 e. The van der Waals surface area contributed by atoms with Gasteiger partial charge in [-0.05, 0) is 65.8 Å². The number of carbonyl (C=O) groups is 2. The molecule has 0 saturated carbocycles. The van der Waals surface area contributed by atoms with Gasteiger partial charge in [-0.1, -0.05) is 70.5 Å². The maximum absolute atomic E-state index is 13.3. The monoisotopic (exact) mass is 560 g/mol. The minimum Gasteiger partial charge on any atom is -0.489 e. The summed E-state index contributed by atoms with van der Waals surface area (Å²) in [5.74, 6) is 0.349. The standard InChI is InChI=1S/C30H29BrN2O4/c1-36-29(34)28-26(22-8-5-9-25(16-22)37-19-21-6-3-2-4-7-21)17-24-14-15-27(28)33(24)30(35)32-18-20-10-12-23(31)13-11-20/h2-13,16,24,27H,14-15,17-19H2,1H3,(H,32,35). The van der Waals surface area contributed by atoms with E-state index in [4.69, 9.17) is 9.47 Å². The first-order valence-corrected chi connectivity index (χ1v) is 13.2. The Hall–Kier alpha value is -3.58. The molecule has 1 fully saturated rings. The summed E-state index contributed by atoms with van der Waals surface area (Å²) in [6, 6.07) is 25.2. The number of ether oxygens (including phenoxy) is 2. The highest BCUT2D eigenvalue weighted by Crippen LogP contribution is 2.44. The minimum absolute atomic E-state index is 0.0206. The van der Waals surface area contributed by atoms with Gasteiger partial charge in [-0.3, -0.25) is 0 Å². The van der Waals surface area contributed by atoms with E-state index in [0.29, 0.717) is 25.1 Å². The number of esters is 1. The van der Waals surface area contributed by atoms with E-state index in [1.807, 2.05) is 83.8 Å². The molecule has 3 aromatic carbocycles. The Morgan fingerprint density at radius 1 is 0.973 bits per heavy atom. The van der Waals surface area contributed by atoms with Crippen molar-refractivity contribution in [2.24, 2.45) is 0 Å². The molecule has 1 N–H and O–H groups in total. The third-order valence-electron chi connectivity index (χ3n) is 7.03. The number of carbonyl (C=O) groups excluding carboxylic acids is 2. The predicted octanol–water partition coefficient (Wildman–Crippen LogP) is 6.10. The molecule has 2 aliphatic heterocycles. The van der Waals surface area contributed by atoms with Crippen molar-refractivity contribution in [3.63, 3.8) is 0 Å². The second kappa shape index (κ2) is 11.2. The Labute approximate surface area is 225 Å². The molecule has 2 heterocycles. The molecule has 2 atom stereocenters. The highest BCUT2D eigenvalue weighted by molar-refractivity contribution is 9.10. The third kappa shape index (κ3) is 5.57. The zero-order chi connectivity index (χ0) is 25.8. The Bertz CT molecular complexity index is 1310. The van der Waals surface area contributed by atoms with Crippen LogP contribution in [-0.4, -0.2) is 36.1 Å². The lowest BCUT2D eigenvalue weighted by Crippen LogP contribution is -2.50. The highest BCUT2D eigenvalue weighted by atomic mass is 79.9. The van der Waals surface area contributed by atoms with Crippen molar-refractivity contribution in [1.29, 1.82) is 0 Å². The van der Waals surface area contributed by atoms with Gasteiger partial charge in [-0.2, -0.15) is 0 Å². The third-order valence-corrected chi connectivity index (χ3v) is 7.56. The number of nitrogens with one attached hydrogen (secondary N) is 1. The van der Waals surface area contributed by atoms with Crippen LogP contribution in [0.2, 0.25) is 0 Å². The van der Waals surface area contributed by atoms with Crippen LogP contribution in [0.5, 0.6) is 5.75 Å². The number of rotatable bonds is 7. The van der Waals surface area contributed by atoms with Gasteiger partial charge >= 0.3 is 12.0 Å². The van der Waals surface area contributed by atoms with Crippen molar-refractivity contribution in [1.82, 2.24) is 10.2 Å². The fourth-order valence-corrected chi connectivity index (χ4v) is 5.51. The Morgan fingerprint density at radius 2 is 1.76 bits per heavy atom. The molecule has 7 heteroatoms. The van der Waals surface area contributed by atoms with E-state index in [1.54, 1.807) is 0 Å². The summed E-state index contributed by atoms with van der Waals surface area (Å²) in [5.41, 5.74) is 4.52. The van der Waals surface area contributed by atoms with Crippen LogP contribution < -0.4 is 10.1 Å². The lowest BCUT2D eigenvalue weighted by molar-refractivity contribution is -0.136. The molecule has 2 aliphatic rings. The van der Waals surface area contributed by atoms with Gasteiger partial charge < -0.3 is 19.7 Å². The number of benzene rings is 3. The molecule has 0 radical (unpaired) electrons. The number of nitrogens with zero attached hydrogens (tertiary/aromatic N) is 1. The van der Waals surface area contributed by atoms with E-state index >= 15 is 0 Å². The van der Waals surface area contributed by atoms with Crippen LogP contribution in [0.1, 0.15) is 36.0 Å². The number of halogens is 1. The van der Waals surface area contributed by atoms with Gasteiger partial charge in [0.15, 0.2) is 0 Å². The van der Waals surface area contributed by atoms with Crippen LogP contribution in [0.25, 0.3) is 5.57 Å². The van der Waals surface area contributed by atoms with E-state index in [-0.39, 0.29) is 24.1 Å². The number of amides is 2. The maximum atomic E-state index is 13.3. The lowest BCUT2D eigenvalue weighted by atomic mass is 9.88. The zero-order valence-electron chi connectivity index (χ0n) is 20.7. The van der Waals surface area contributed by atoms with Gasteiger partial charge in [0.05, 0.1) is 18.7 Å². The molecule has 0 spiro atoms. The molecule has 2 amide bonds. The zero-order valence-corrected chi connectivity index (χ0v) is 22.2. The average molecular weight is 561 g/mol. The van der Waals surface area contributed by atoms with E-state index < -0.39 is 0 Å². The molecule has 0 aromatic heterocycles. The number of methoxy groups -OCH3 is 1. The molecule has 37 heavy (non-hydrogen) atoms. The SMILES string of the molecule is COC(=O)C1=C(c2cccc(OCc3ccccc3)c2)CC2CCC1N2C(=O)NCc1ccc(Br)cc1. The van der Waals surface area contributed by atoms with E-state index in [0.717, 1.165) is 45.3 Å². The van der Waals surface area contributed by atoms with Crippen molar-refractivity contribution >= 4 is 33.5 Å². The second-order valence-electron chi connectivity index (χ2n) is 9.33. The van der Waals surface area contributed by atoms with Crippen LogP contribution in [0.15, 0.2) is 88.9 Å². The normalized spacial score (nSPS) is 18.5. The van der Waals surface area contributed by atoms with Crippen LogP contribution in [-0.2, 0) is 22.7 Å². The molecule has 1 saturated heterocycles. The quantitative estimate of drug-likeness (QED) is 0.354. The molecule has 2 bridgehead atoms. The molecule has 2 unspecified atom stereocenters. The molecule has 6 nitrogen and oxygen atoms in total. The number of hydrogen-bond acceptors (Lipinski definition) is 4. The van der Waals surface area contributed by atoms with E-state index in [2.05, 4.69) is 21.2 Å². The van der Waals surface area contributed by atoms with Gasteiger partial charge in [0, 0.05) is 17.1 Å². The lowest BCUT2D eigenvalue weighted by Gasteiger charge is -2.37. The largest absolute Gasteiger partial charge is 0.489 e. The van der Waals surface area contributed by atoms with Crippen molar-refractivity contribution < 1.29 is 19.1 Å². The van der Waals surface area contributed by atoms with Gasteiger partial charge in [0.2, 0.25) is 0 Å². The van der Waals surface area contributed by atoms with Gasteiger partial charge in [0.1, 0.15) is 12.4 Å². The summed E-state index contributed by atoms with van der Waals surface area (Å²) in [6.45, 7) is 0.887. The van der Waals surface area contributed by atoms with Crippen LogP contribution in [0.3, 0.4) is 0 Å². The summed E-state index contributed by atoms with van der Waals surface area (Å²) in [6.07, 6.45) is 2.16. The fourth-order valence-electron chi connectivity index (χ4n) is 5.25. The van der Waals surface area contributed by atoms with Crippen LogP contribution in [0, 0.1) is 0 Å². The molecular formula is C30H29BrN2O4. The van der Waals surface area contributed by atoms with Gasteiger partial charge in [-0.25, -0.2) is 9.59 Å². The van der Waals surface area contributed by atoms with Crippen molar-refractivity contribution in [2.75, 3.05) is 7.11 Å². The first-order chi connectivity index (χ1) is 18.0. The molecule has 3 aromatic rings. The van der Waals surface area contributed by atoms with Crippen molar-refractivity contribution in [3.05, 3.63) is 106 Å². The first-order valence-electron chi connectivity index (χ1n) is 12.4. The summed E-state index contributed by atoms with van der Waals surface area (Å²) in [4.78, 5) is 28.2. The first kappa shape index (κ1) is 25.1. The van der Waals surface area contributed by atoms with Gasteiger partial charge in [0.25, 0.3) is 0 Å². The van der Waals surface area contributed by atoms with Crippen LogP contribution >= 0.6 is 15.9 Å². The minimum atomic E-state index is -0.387.